The summed E-state index contributed by atoms with van der Waals surface area (Å²) in [6.07, 6.45) is 3.71. The molecule has 0 radical (unpaired) electrons. The molecular weight excluding hydrogens is 228 g/mol. The Labute approximate surface area is 108 Å². The number of nitrogens with zero attached hydrogens (tertiary/aromatic N) is 2. The van der Waals surface area contributed by atoms with Crippen LogP contribution in [0.4, 0.5) is 11.6 Å². The fourth-order valence-corrected chi connectivity index (χ4v) is 1.71. The molecule has 0 saturated heterocycles. The SMILES string of the molecule is CNc1cc(NCCCOCC2CC2)nc(C)n1. The summed E-state index contributed by atoms with van der Waals surface area (Å²) in [6.45, 7) is 4.54. The predicted octanol–water partition coefficient (Wildman–Crippen LogP) is 2.06. The van der Waals surface area contributed by atoms with E-state index in [0.717, 1.165) is 49.6 Å². The molecule has 0 amide bonds. The Morgan fingerprint density at radius 1 is 1.33 bits per heavy atom. The number of hydrogen-bond donors (Lipinski definition) is 2. The van der Waals surface area contributed by atoms with Crippen molar-refractivity contribution in [1.82, 2.24) is 9.97 Å². The summed E-state index contributed by atoms with van der Waals surface area (Å²) in [4.78, 5) is 8.58. The van der Waals surface area contributed by atoms with E-state index in [0.29, 0.717) is 0 Å². The van der Waals surface area contributed by atoms with Crippen LogP contribution in [0.3, 0.4) is 0 Å². The minimum atomic E-state index is 0.773. The van der Waals surface area contributed by atoms with Crippen LogP contribution in [0.15, 0.2) is 6.07 Å². The molecule has 5 heteroatoms. The molecule has 100 valence electrons. The van der Waals surface area contributed by atoms with Crippen molar-refractivity contribution in [3.05, 3.63) is 11.9 Å². The van der Waals surface area contributed by atoms with Gasteiger partial charge in [-0.25, -0.2) is 9.97 Å². The summed E-state index contributed by atoms with van der Waals surface area (Å²) in [5, 5.41) is 6.32. The summed E-state index contributed by atoms with van der Waals surface area (Å²) in [6, 6.07) is 1.91. The topological polar surface area (TPSA) is 59.1 Å². The Morgan fingerprint density at radius 2 is 2.11 bits per heavy atom. The number of rotatable bonds is 8. The number of nitrogens with one attached hydrogen (secondary N) is 2. The maximum Gasteiger partial charge on any atom is 0.131 e. The minimum absolute atomic E-state index is 0.773. The largest absolute Gasteiger partial charge is 0.381 e. The molecule has 2 rings (SSSR count). The van der Waals surface area contributed by atoms with Gasteiger partial charge in [0.25, 0.3) is 0 Å². The van der Waals surface area contributed by atoms with Crippen molar-refractivity contribution in [2.24, 2.45) is 5.92 Å². The molecule has 0 atom stereocenters. The number of anilines is 2. The van der Waals surface area contributed by atoms with Gasteiger partial charge in [0.15, 0.2) is 0 Å². The highest BCUT2D eigenvalue weighted by Crippen LogP contribution is 2.28. The van der Waals surface area contributed by atoms with E-state index in [1.807, 2.05) is 20.0 Å². The van der Waals surface area contributed by atoms with Crippen LogP contribution in [0.1, 0.15) is 25.1 Å². The van der Waals surface area contributed by atoms with Crippen LogP contribution in [-0.4, -0.2) is 36.8 Å². The van der Waals surface area contributed by atoms with Crippen LogP contribution in [0, 0.1) is 12.8 Å². The van der Waals surface area contributed by atoms with E-state index in [1.54, 1.807) is 0 Å². The first-order valence-corrected chi connectivity index (χ1v) is 6.63. The zero-order valence-corrected chi connectivity index (χ0v) is 11.2. The van der Waals surface area contributed by atoms with Crippen molar-refractivity contribution in [2.75, 3.05) is 37.4 Å². The summed E-state index contributed by atoms with van der Waals surface area (Å²) in [5.41, 5.74) is 0. The predicted molar refractivity (Wildman–Crippen MR) is 73.0 cm³/mol. The molecule has 1 aromatic rings. The molecule has 0 aliphatic heterocycles. The maximum atomic E-state index is 5.58. The smallest absolute Gasteiger partial charge is 0.131 e. The van der Waals surface area contributed by atoms with E-state index in [-0.39, 0.29) is 0 Å². The molecular formula is C13H22N4O. The summed E-state index contributed by atoms with van der Waals surface area (Å²) >= 11 is 0. The van der Waals surface area contributed by atoms with Crippen LogP contribution >= 0.6 is 0 Å². The van der Waals surface area contributed by atoms with Crippen molar-refractivity contribution in [2.45, 2.75) is 26.2 Å². The highest BCUT2D eigenvalue weighted by molar-refractivity contribution is 5.46. The lowest BCUT2D eigenvalue weighted by molar-refractivity contribution is 0.124. The summed E-state index contributed by atoms with van der Waals surface area (Å²) < 4.78 is 5.58. The molecule has 1 aliphatic rings. The molecule has 0 spiro atoms. The molecule has 1 aliphatic carbocycles. The number of ether oxygens (including phenoxy) is 1. The second-order valence-corrected chi connectivity index (χ2v) is 4.73. The lowest BCUT2D eigenvalue weighted by atomic mass is 10.4. The van der Waals surface area contributed by atoms with Gasteiger partial charge in [-0.3, -0.25) is 0 Å². The van der Waals surface area contributed by atoms with Crippen molar-refractivity contribution < 1.29 is 4.74 Å². The molecule has 5 nitrogen and oxygen atoms in total. The first-order chi connectivity index (χ1) is 8.78. The normalized spacial score (nSPS) is 14.6. The van der Waals surface area contributed by atoms with Gasteiger partial charge < -0.3 is 15.4 Å². The fraction of sp³-hybridized carbons (Fsp3) is 0.692. The molecule has 18 heavy (non-hydrogen) atoms. The third-order valence-electron chi connectivity index (χ3n) is 2.92. The van der Waals surface area contributed by atoms with Gasteiger partial charge in [-0.15, -0.1) is 0 Å². The molecule has 1 fully saturated rings. The van der Waals surface area contributed by atoms with Crippen LogP contribution in [0.5, 0.6) is 0 Å². The van der Waals surface area contributed by atoms with Gasteiger partial charge in [-0.2, -0.15) is 0 Å². The molecule has 0 unspecified atom stereocenters. The molecule has 0 bridgehead atoms. The minimum Gasteiger partial charge on any atom is -0.381 e. The maximum absolute atomic E-state index is 5.58. The Kier molecular flexibility index (Phi) is 4.75. The number of aryl methyl sites for hydroxylation is 1. The van der Waals surface area contributed by atoms with Crippen molar-refractivity contribution in [3.8, 4) is 0 Å². The highest BCUT2D eigenvalue weighted by Gasteiger charge is 2.20. The zero-order chi connectivity index (χ0) is 12.8. The third kappa shape index (κ3) is 4.49. The van der Waals surface area contributed by atoms with E-state index in [4.69, 9.17) is 4.74 Å². The quantitative estimate of drug-likeness (QED) is 0.692. The van der Waals surface area contributed by atoms with Gasteiger partial charge in [0.05, 0.1) is 0 Å². The van der Waals surface area contributed by atoms with E-state index >= 15 is 0 Å². The van der Waals surface area contributed by atoms with Gasteiger partial charge in [0.1, 0.15) is 17.5 Å². The summed E-state index contributed by atoms with van der Waals surface area (Å²) in [5.74, 6) is 3.33. The van der Waals surface area contributed by atoms with Crippen LogP contribution in [0.25, 0.3) is 0 Å². The molecule has 1 saturated carbocycles. The van der Waals surface area contributed by atoms with E-state index in [9.17, 15) is 0 Å². The van der Waals surface area contributed by atoms with Gasteiger partial charge >= 0.3 is 0 Å². The van der Waals surface area contributed by atoms with Crippen molar-refractivity contribution in [1.29, 1.82) is 0 Å². The van der Waals surface area contributed by atoms with E-state index < -0.39 is 0 Å². The zero-order valence-electron chi connectivity index (χ0n) is 11.2. The van der Waals surface area contributed by atoms with Crippen LogP contribution in [-0.2, 0) is 4.74 Å². The monoisotopic (exact) mass is 250 g/mol. The first kappa shape index (κ1) is 13.1. The van der Waals surface area contributed by atoms with Gasteiger partial charge in [0.2, 0.25) is 0 Å². The Bertz CT molecular complexity index is 379. The van der Waals surface area contributed by atoms with Crippen LogP contribution in [0.2, 0.25) is 0 Å². The van der Waals surface area contributed by atoms with Gasteiger partial charge in [-0.05, 0) is 32.1 Å². The Balaban J connectivity index is 1.63. The number of hydrogen-bond acceptors (Lipinski definition) is 5. The number of aromatic nitrogens is 2. The lowest BCUT2D eigenvalue weighted by Gasteiger charge is -2.08. The van der Waals surface area contributed by atoms with E-state index in [2.05, 4.69) is 20.6 Å². The summed E-state index contributed by atoms with van der Waals surface area (Å²) in [7, 11) is 1.86. The molecule has 2 N–H and O–H groups in total. The standard InChI is InChI=1S/C13H22N4O/c1-10-16-12(14-2)8-13(17-10)15-6-3-7-18-9-11-4-5-11/h8,11H,3-7,9H2,1-2H3,(H2,14,15,16,17). The van der Waals surface area contributed by atoms with Crippen molar-refractivity contribution >= 4 is 11.6 Å². The highest BCUT2D eigenvalue weighted by atomic mass is 16.5. The van der Waals surface area contributed by atoms with Gasteiger partial charge in [-0.1, -0.05) is 0 Å². The second kappa shape index (κ2) is 6.54. The molecule has 1 heterocycles. The van der Waals surface area contributed by atoms with E-state index in [1.165, 1.54) is 12.8 Å². The Morgan fingerprint density at radius 3 is 2.83 bits per heavy atom. The Hall–Kier alpha value is -1.36. The fourth-order valence-electron chi connectivity index (χ4n) is 1.71. The first-order valence-electron chi connectivity index (χ1n) is 6.63. The average molecular weight is 250 g/mol. The second-order valence-electron chi connectivity index (χ2n) is 4.73. The molecule has 1 aromatic heterocycles. The van der Waals surface area contributed by atoms with Gasteiger partial charge in [0, 0.05) is 32.9 Å². The average Bonchev–Trinajstić information content (AvgIpc) is 3.17. The molecule has 0 aromatic carbocycles. The third-order valence-corrected chi connectivity index (χ3v) is 2.92. The van der Waals surface area contributed by atoms with Crippen molar-refractivity contribution in [3.63, 3.8) is 0 Å². The van der Waals surface area contributed by atoms with Crippen LogP contribution < -0.4 is 10.6 Å². The lowest BCUT2D eigenvalue weighted by Crippen LogP contribution is -2.09.